The average Bonchev–Trinajstić information content (AvgIpc) is 3.02. The van der Waals surface area contributed by atoms with Gasteiger partial charge < -0.3 is 13.6 Å². The van der Waals surface area contributed by atoms with Crippen molar-refractivity contribution in [1.29, 1.82) is 0 Å². The number of rotatable bonds is 2. The van der Waals surface area contributed by atoms with Gasteiger partial charge in [-0.05, 0) is 34.7 Å². The zero-order valence-corrected chi connectivity index (χ0v) is 15.3. The molecular formula is C22H20O4. The largest absolute Gasteiger partial charge is 0.497 e. The van der Waals surface area contributed by atoms with E-state index in [0.717, 1.165) is 38.8 Å². The molecule has 132 valence electrons. The van der Waals surface area contributed by atoms with Crippen LogP contribution in [-0.2, 0) is 5.41 Å². The van der Waals surface area contributed by atoms with Crippen LogP contribution >= 0.6 is 0 Å². The number of benzene rings is 2. The van der Waals surface area contributed by atoms with E-state index in [2.05, 4.69) is 26.8 Å². The van der Waals surface area contributed by atoms with E-state index in [1.165, 1.54) is 6.07 Å². The fraction of sp³-hybridized carbons (Fsp3) is 0.227. The van der Waals surface area contributed by atoms with E-state index in [9.17, 15) is 4.79 Å². The number of furan rings is 1. The van der Waals surface area contributed by atoms with Gasteiger partial charge >= 0.3 is 5.63 Å². The smallest absolute Gasteiger partial charge is 0.336 e. The molecule has 0 unspecified atom stereocenters. The highest BCUT2D eigenvalue weighted by Crippen LogP contribution is 2.36. The van der Waals surface area contributed by atoms with Crippen LogP contribution in [0.25, 0.3) is 33.1 Å². The molecule has 0 saturated carbocycles. The van der Waals surface area contributed by atoms with Gasteiger partial charge in [0.1, 0.15) is 16.9 Å². The van der Waals surface area contributed by atoms with Crippen molar-refractivity contribution in [3.05, 3.63) is 64.7 Å². The van der Waals surface area contributed by atoms with Crippen molar-refractivity contribution in [3.63, 3.8) is 0 Å². The summed E-state index contributed by atoms with van der Waals surface area (Å²) >= 11 is 0. The Labute approximate surface area is 151 Å². The van der Waals surface area contributed by atoms with Crippen molar-refractivity contribution >= 4 is 21.9 Å². The minimum Gasteiger partial charge on any atom is -0.497 e. The maximum absolute atomic E-state index is 12.1. The van der Waals surface area contributed by atoms with Crippen LogP contribution in [0.5, 0.6) is 5.75 Å². The second-order valence-electron chi connectivity index (χ2n) is 7.45. The Bertz CT molecular complexity index is 1160. The van der Waals surface area contributed by atoms with Crippen molar-refractivity contribution in [2.75, 3.05) is 7.11 Å². The molecule has 0 saturated heterocycles. The average molecular weight is 348 g/mol. The lowest BCUT2D eigenvalue weighted by molar-refractivity contribution is 0.415. The van der Waals surface area contributed by atoms with Crippen molar-refractivity contribution in [2.45, 2.75) is 26.2 Å². The third-order valence-corrected chi connectivity index (χ3v) is 4.65. The molecule has 2 aromatic heterocycles. The lowest BCUT2D eigenvalue weighted by atomic mass is 9.86. The summed E-state index contributed by atoms with van der Waals surface area (Å²) in [5, 5.41) is 1.92. The van der Waals surface area contributed by atoms with E-state index in [-0.39, 0.29) is 11.0 Å². The van der Waals surface area contributed by atoms with Crippen molar-refractivity contribution < 1.29 is 13.6 Å². The van der Waals surface area contributed by atoms with Crippen LogP contribution in [0.15, 0.2) is 62.4 Å². The first-order valence-electron chi connectivity index (χ1n) is 8.51. The van der Waals surface area contributed by atoms with Crippen LogP contribution < -0.4 is 10.4 Å². The van der Waals surface area contributed by atoms with Crippen LogP contribution in [0.4, 0.5) is 0 Å². The highest BCUT2D eigenvalue weighted by Gasteiger charge is 2.21. The van der Waals surface area contributed by atoms with Crippen LogP contribution in [0.2, 0.25) is 0 Å². The monoisotopic (exact) mass is 348 g/mol. The third kappa shape index (κ3) is 2.68. The summed E-state index contributed by atoms with van der Waals surface area (Å²) < 4.78 is 16.4. The van der Waals surface area contributed by atoms with E-state index in [4.69, 9.17) is 13.6 Å². The first kappa shape index (κ1) is 16.5. The molecule has 0 N–H and O–H groups in total. The number of fused-ring (bicyclic) bond motifs is 2. The summed E-state index contributed by atoms with van der Waals surface area (Å²) in [5.41, 5.74) is 3.70. The van der Waals surface area contributed by atoms with Crippen LogP contribution in [0.1, 0.15) is 26.3 Å². The summed E-state index contributed by atoms with van der Waals surface area (Å²) in [5.74, 6) is 0.772. The van der Waals surface area contributed by atoms with E-state index in [1.807, 2.05) is 24.3 Å². The van der Waals surface area contributed by atoms with Gasteiger partial charge in [-0.25, -0.2) is 4.79 Å². The zero-order valence-electron chi connectivity index (χ0n) is 15.3. The minimum absolute atomic E-state index is 0.0468. The first-order chi connectivity index (χ1) is 12.4. The lowest BCUT2D eigenvalue weighted by Gasteiger charge is -2.16. The van der Waals surface area contributed by atoms with Gasteiger partial charge in [-0.15, -0.1) is 0 Å². The second-order valence-corrected chi connectivity index (χ2v) is 7.45. The van der Waals surface area contributed by atoms with Gasteiger partial charge in [-0.2, -0.15) is 0 Å². The van der Waals surface area contributed by atoms with Crippen LogP contribution in [-0.4, -0.2) is 7.11 Å². The molecule has 0 spiro atoms. The Balaban J connectivity index is 2.03. The molecule has 26 heavy (non-hydrogen) atoms. The molecule has 4 nitrogen and oxygen atoms in total. The maximum Gasteiger partial charge on any atom is 0.336 e. The zero-order chi connectivity index (χ0) is 18.5. The number of ether oxygens (including phenoxy) is 1. The molecule has 2 aromatic carbocycles. The Morgan fingerprint density at radius 3 is 2.31 bits per heavy atom. The molecule has 4 aromatic rings. The summed E-state index contributed by atoms with van der Waals surface area (Å²) in [7, 11) is 1.63. The lowest BCUT2D eigenvalue weighted by Crippen LogP contribution is -2.09. The fourth-order valence-corrected chi connectivity index (χ4v) is 3.27. The number of methoxy groups -OCH3 is 1. The molecule has 0 amide bonds. The second kappa shape index (κ2) is 5.77. The first-order valence-corrected chi connectivity index (χ1v) is 8.51. The fourth-order valence-electron chi connectivity index (χ4n) is 3.27. The maximum atomic E-state index is 12.1. The highest BCUT2D eigenvalue weighted by molar-refractivity contribution is 6.02. The van der Waals surface area contributed by atoms with Crippen LogP contribution in [0.3, 0.4) is 0 Å². The van der Waals surface area contributed by atoms with Gasteiger partial charge in [0, 0.05) is 28.5 Å². The summed E-state index contributed by atoms with van der Waals surface area (Å²) in [4.78, 5) is 12.1. The molecule has 0 atom stereocenters. The molecule has 0 aliphatic heterocycles. The molecule has 0 fully saturated rings. The Morgan fingerprint density at radius 1 is 0.923 bits per heavy atom. The van der Waals surface area contributed by atoms with Gasteiger partial charge in [0.25, 0.3) is 0 Å². The Morgan fingerprint density at radius 2 is 1.65 bits per heavy atom. The number of hydrogen-bond donors (Lipinski definition) is 0. The Hall–Kier alpha value is -3.01. The standard InChI is InChI=1S/C22H20O4/c1-22(2,3)18-12-25-19-11-20-16(9-17(18)19)15(10-21(23)26-20)13-5-7-14(24-4)8-6-13/h5-12H,1-4H3. The van der Waals surface area contributed by atoms with Crippen molar-refractivity contribution in [3.8, 4) is 16.9 Å². The minimum atomic E-state index is -0.384. The topological polar surface area (TPSA) is 52.6 Å². The van der Waals surface area contributed by atoms with E-state index in [0.29, 0.717) is 5.58 Å². The molecule has 4 rings (SSSR count). The SMILES string of the molecule is COc1ccc(-c2cc(=O)oc3cc4occ(C(C)(C)C)c4cc23)cc1. The van der Waals surface area contributed by atoms with Crippen molar-refractivity contribution in [2.24, 2.45) is 0 Å². The molecule has 2 heterocycles. The molecule has 0 aliphatic rings. The van der Waals surface area contributed by atoms with E-state index in [1.54, 1.807) is 19.4 Å². The third-order valence-electron chi connectivity index (χ3n) is 4.65. The van der Waals surface area contributed by atoms with Gasteiger partial charge in [0.2, 0.25) is 0 Å². The summed E-state index contributed by atoms with van der Waals surface area (Å²) in [6.45, 7) is 6.45. The normalized spacial score (nSPS) is 12.0. The molecule has 0 radical (unpaired) electrons. The molecule has 4 heteroatoms. The Kier molecular flexibility index (Phi) is 3.65. The predicted octanol–water partition coefficient (Wildman–Crippen LogP) is 5.51. The molecule has 0 bridgehead atoms. The van der Waals surface area contributed by atoms with Gasteiger partial charge in [-0.1, -0.05) is 32.9 Å². The van der Waals surface area contributed by atoms with Gasteiger partial charge in [0.15, 0.2) is 0 Å². The van der Waals surface area contributed by atoms with Gasteiger partial charge in [-0.3, -0.25) is 0 Å². The molecular weight excluding hydrogens is 328 g/mol. The quantitative estimate of drug-likeness (QED) is 0.448. The molecule has 0 aliphatic carbocycles. The summed E-state index contributed by atoms with van der Waals surface area (Å²) in [6.07, 6.45) is 1.79. The summed E-state index contributed by atoms with van der Waals surface area (Å²) in [6, 6.07) is 13.0. The van der Waals surface area contributed by atoms with E-state index < -0.39 is 0 Å². The predicted molar refractivity (Wildman–Crippen MR) is 103 cm³/mol. The van der Waals surface area contributed by atoms with Crippen LogP contribution in [0, 0.1) is 0 Å². The van der Waals surface area contributed by atoms with Gasteiger partial charge in [0.05, 0.1) is 13.4 Å². The van der Waals surface area contributed by atoms with Crippen molar-refractivity contribution in [1.82, 2.24) is 0 Å². The highest BCUT2D eigenvalue weighted by atomic mass is 16.5. The number of hydrogen-bond acceptors (Lipinski definition) is 4. The van der Waals surface area contributed by atoms with E-state index >= 15 is 0 Å².